The predicted octanol–water partition coefficient (Wildman–Crippen LogP) is 2.45. The maximum atomic E-state index is 12.6. The number of fused-ring (bicyclic) bond motifs is 1. The molecule has 0 aliphatic rings. The molecule has 2 amide bonds. The van der Waals surface area contributed by atoms with E-state index in [4.69, 9.17) is 0 Å². The van der Waals surface area contributed by atoms with Gasteiger partial charge in [0.2, 0.25) is 11.8 Å². The second-order valence-electron chi connectivity index (χ2n) is 6.71. The first-order chi connectivity index (χ1) is 13.3. The molecule has 28 heavy (non-hydrogen) atoms. The zero-order chi connectivity index (χ0) is 20.4. The summed E-state index contributed by atoms with van der Waals surface area (Å²) in [4.78, 5) is 42.9. The van der Waals surface area contributed by atoms with Crippen LogP contribution >= 0.6 is 11.3 Å². The normalized spacial score (nSPS) is 10.9. The monoisotopic (exact) mass is 398 g/mol. The van der Waals surface area contributed by atoms with Gasteiger partial charge in [0.25, 0.3) is 5.56 Å². The smallest absolute Gasteiger partial charge is 0.262 e. The first-order valence-electron chi connectivity index (χ1n) is 8.86. The van der Waals surface area contributed by atoms with Gasteiger partial charge in [-0.3, -0.25) is 19.0 Å². The topological polar surface area (TPSA) is 93.1 Å². The molecule has 0 saturated carbocycles. The maximum Gasteiger partial charge on any atom is 0.262 e. The van der Waals surface area contributed by atoms with Crippen LogP contribution in [0.2, 0.25) is 0 Å². The quantitative estimate of drug-likeness (QED) is 0.690. The van der Waals surface area contributed by atoms with Crippen LogP contribution < -0.4 is 16.2 Å². The van der Waals surface area contributed by atoms with Crippen molar-refractivity contribution in [1.82, 2.24) is 14.9 Å². The molecule has 0 aliphatic carbocycles. The Morgan fingerprint density at radius 1 is 1.11 bits per heavy atom. The van der Waals surface area contributed by atoms with Crippen LogP contribution in [0.15, 0.2) is 29.3 Å². The van der Waals surface area contributed by atoms with Crippen molar-refractivity contribution >= 4 is 39.1 Å². The molecule has 0 saturated heterocycles. The van der Waals surface area contributed by atoms with Crippen molar-refractivity contribution in [2.75, 3.05) is 11.9 Å². The number of carbonyl (C=O) groups is 2. The molecule has 3 rings (SSSR count). The number of anilines is 1. The van der Waals surface area contributed by atoms with Crippen LogP contribution in [-0.4, -0.2) is 27.9 Å². The molecule has 3 aromatic rings. The van der Waals surface area contributed by atoms with Gasteiger partial charge in [0.05, 0.1) is 18.3 Å². The van der Waals surface area contributed by atoms with Crippen molar-refractivity contribution in [3.8, 4) is 0 Å². The number of amides is 2. The highest BCUT2D eigenvalue weighted by Gasteiger charge is 2.14. The maximum absolute atomic E-state index is 12.6. The first-order valence-corrected chi connectivity index (χ1v) is 9.67. The minimum Gasteiger partial charge on any atom is -0.345 e. The van der Waals surface area contributed by atoms with Gasteiger partial charge in [0.15, 0.2) is 0 Å². The Morgan fingerprint density at radius 2 is 1.86 bits per heavy atom. The Morgan fingerprint density at radius 3 is 2.61 bits per heavy atom. The van der Waals surface area contributed by atoms with Crippen LogP contribution in [0.1, 0.15) is 21.6 Å². The fourth-order valence-electron chi connectivity index (χ4n) is 2.85. The summed E-state index contributed by atoms with van der Waals surface area (Å²) in [6.45, 7) is 7.34. The van der Waals surface area contributed by atoms with E-state index in [1.165, 1.54) is 22.2 Å². The van der Waals surface area contributed by atoms with Crippen LogP contribution in [0.4, 0.5) is 5.69 Å². The number of rotatable bonds is 5. The average Bonchev–Trinajstić information content (AvgIpc) is 2.94. The lowest BCUT2D eigenvalue weighted by Crippen LogP contribution is -2.37. The molecule has 0 unspecified atom stereocenters. The van der Waals surface area contributed by atoms with Crippen LogP contribution in [0.3, 0.4) is 0 Å². The minimum absolute atomic E-state index is 0.173. The highest BCUT2D eigenvalue weighted by atomic mass is 32.1. The molecule has 2 heterocycles. The van der Waals surface area contributed by atoms with Gasteiger partial charge in [-0.05, 0) is 50.5 Å². The zero-order valence-corrected chi connectivity index (χ0v) is 17.1. The molecule has 0 spiro atoms. The van der Waals surface area contributed by atoms with Crippen LogP contribution in [-0.2, 0) is 16.1 Å². The molecule has 0 aliphatic heterocycles. The van der Waals surface area contributed by atoms with E-state index in [1.54, 1.807) is 0 Å². The SMILES string of the molecule is Cc1cccc(NC(=O)CNC(=O)Cn2cnc3sc(C)c(C)c3c2=O)c1C. The van der Waals surface area contributed by atoms with Crippen molar-refractivity contribution in [2.24, 2.45) is 0 Å². The Bertz CT molecular complexity index is 1130. The average molecular weight is 398 g/mol. The lowest BCUT2D eigenvalue weighted by molar-refractivity contribution is -0.124. The molecule has 7 nitrogen and oxygen atoms in total. The Labute approximate surface area is 166 Å². The molecule has 8 heteroatoms. The van der Waals surface area contributed by atoms with Gasteiger partial charge in [0.1, 0.15) is 11.4 Å². The van der Waals surface area contributed by atoms with E-state index < -0.39 is 5.91 Å². The van der Waals surface area contributed by atoms with Crippen molar-refractivity contribution in [3.05, 3.63) is 56.4 Å². The molecule has 0 atom stereocenters. The van der Waals surface area contributed by atoms with Gasteiger partial charge in [-0.25, -0.2) is 4.98 Å². The summed E-state index contributed by atoms with van der Waals surface area (Å²) < 4.78 is 1.26. The van der Waals surface area contributed by atoms with E-state index in [0.29, 0.717) is 15.9 Å². The summed E-state index contributed by atoms with van der Waals surface area (Å²) in [6.07, 6.45) is 1.37. The highest BCUT2D eigenvalue weighted by Crippen LogP contribution is 2.25. The van der Waals surface area contributed by atoms with E-state index in [2.05, 4.69) is 15.6 Å². The van der Waals surface area contributed by atoms with Gasteiger partial charge in [0, 0.05) is 10.6 Å². The summed E-state index contributed by atoms with van der Waals surface area (Å²) in [6, 6.07) is 5.64. The standard InChI is InChI=1S/C20H22N4O3S/c1-11-6-5-7-15(12(11)2)23-16(25)8-21-17(26)9-24-10-22-19-18(20(24)27)13(3)14(4)28-19/h5-7,10H,8-9H2,1-4H3,(H,21,26)(H,23,25). The second kappa shape index (κ2) is 7.93. The number of nitrogens with zero attached hydrogens (tertiary/aromatic N) is 2. The molecule has 0 fully saturated rings. The van der Waals surface area contributed by atoms with E-state index in [-0.39, 0.29) is 24.6 Å². The Kier molecular flexibility index (Phi) is 5.60. The molecule has 2 N–H and O–H groups in total. The summed E-state index contributed by atoms with van der Waals surface area (Å²) in [5, 5.41) is 5.87. The van der Waals surface area contributed by atoms with Gasteiger partial charge in [-0.1, -0.05) is 12.1 Å². The summed E-state index contributed by atoms with van der Waals surface area (Å²) in [7, 11) is 0. The summed E-state index contributed by atoms with van der Waals surface area (Å²) >= 11 is 1.46. The second-order valence-corrected chi connectivity index (χ2v) is 7.92. The third kappa shape index (κ3) is 3.96. The van der Waals surface area contributed by atoms with Crippen molar-refractivity contribution in [1.29, 1.82) is 0 Å². The number of aromatic nitrogens is 2. The van der Waals surface area contributed by atoms with Crippen LogP contribution in [0, 0.1) is 27.7 Å². The number of benzene rings is 1. The van der Waals surface area contributed by atoms with E-state index >= 15 is 0 Å². The Hall–Kier alpha value is -3.00. The number of hydrogen-bond donors (Lipinski definition) is 2. The van der Waals surface area contributed by atoms with Crippen molar-refractivity contribution < 1.29 is 9.59 Å². The highest BCUT2D eigenvalue weighted by molar-refractivity contribution is 7.18. The lowest BCUT2D eigenvalue weighted by atomic mass is 10.1. The number of thiophene rings is 1. The van der Waals surface area contributed by atoms with Crippen molar-refractivity contribution in [2.45, 2.75) is 34.2 Å². The fourth-order valence-corrected chi connectivity index (χ4v) is 3.84. The van der Waals surface area contributed by atoms with E-state index in [0.717, 1.165) is 21.6 Å². The molecule has 1 aromatic carbocycles. The lowest BCUT2D eigenvalue weighted by Gasteiger charge is -2.11. The molecular weight excluding hydrogens is 376 g/mol. The molecular formula is C20H22N4O3S. The number of carbonyl (C=O) groups excluding carboxylic acids is 2. The minimum atomic E-state index is -0.427. The predicted molar refractivity (Wildman–Crippen MR) is 111 cm³/mol. The van der Waals surface area contributed by atoms with Crippen LogP contribution in [0.25, 0.3) is 10.2 Å². The van der Waals surface area contributed by atoms with Crippen molar-refractivity contribution in [3.63, 3.8) is 0 Å². The zero-order valence-electron chi connectivity index (χ0n) is 16.3. The van der Waals surface area contributed by atoms with Gasteiger partial charge in [-0.2, -0.15) is 0 Å². The molecule has 2 aromatic heterocycles. The van der Waals surface area contributed by atoms with Gasteiger partial charge >= 0.3 is 0 Å². The van der Waals surface area contributed by atoms with E-state index in [9.17, 15) is 14.4 Å². The number of aryl methyl sites for hydroxylation is 3. The van der Waals surface area contributed by atoms with Gasteiger partial charge in [-0.15, -0.1) is 11.3 Å². The fraction of sp³-hybridized carbons (Fsp3) is 0.300. The third-order valence-corrected chi connectivity index (χ3v) is 5.91. The molecule has 0 bridgehead atoms. The molecule has 0 radical (unpaired) electrons. The summed E-state index contributed by atoms with van der Waals surface area (Å²) in [5.74, 6) is -0.753. The third-order valence-electron chi connectivity index (χ3n) is 4.79. The Balaban J connectivity index is 1.63. The number of hydrogen-bond acceptors (Lipinski definition) is 5. The summed E-state index contributed by atoms with van der Waals surface area (Å²) in [5.41, 5.74) is 3.41. The van der Waals surface area contributed by atoms with E-state index in [1.807, 2.05) is 45.9 Å². The first kappa shape index (κ1) is 19.8. The van der Waals surface area contributed by atoms with Crippen LogP contribution in [0.5, 0.6) is 0 Å². The van der Waals surface area contributed by atoms with Gasteiger partial charge < -0.3 is 10.6 Å². The molecule has 146 valence electrons. The number of nitrogens with one attached hydrogen (secondary N) is 2. The largest absolute Gasteiger partial charge is 0.345 e.